The zero-order valence-electron chi connectivity index (χ0n) is 36.9. The smallest absolute Gasteiger partial charge is 0.0465 e. The van der Waals surface area contributed by atoms with Gasteiger partial charge in [0.15, 0.2) is 0 Å². The SMILES string of the molecule is CC1(C)c2cc(N(c3ccc(C4=CCCC=C4)cc3)c3ccc(-c4ccccc4)cc3)ccc2-c2ccc(N(c3ccc(-c4ccccc4)cc3)c3ccc(-c4ccccc4)cc3)cc21. The zero-order chi connectivity index (χ0) is 43.7. The fourth-order valence-electron chi connectivity index (χ4n) is 9.82. The maximum absolute atomic E-state index is 2.43. The molecule has 0 spiro atoms. The molecule has 9 aromatic rings. The van der Waals surface area contributed by atoms with Crippen LogP contribution in [0.15, 0.2) is 243 Å². The van der Waals surface area contributed by atoms with Gasteiger partial charge >= 0.3 is 0 Å². The van der Waals surface area contributed by atoms with Crippen LogP contribution in [0.4, 0.5) is 34.1 Å². The lowest BCUT2D eigenvalue weighted by Gasteiger charge is -2.29. The lowest BCUT2D eigenvalue weighted by molar-refractivity contribution is 0.660. The molecular weight excluding hydrogens is 785 g/mol. The Morgan fingerprint density at radius 3 is 0.985 bits per heavy atom. The van der Waals surface area contributed by atoms with Gasteiger partial charge in [-0.3, -0.25) is 0 Å². The van der Waals surface area contributed by atoms with E-state index in [9.17, 15) is 0 Å². The second kappa shape index (κ2) is 17.0. The molecule has 312 valence electrons. The summed E-state index contributed by atoms with van der Waals surface area (Å²) in [7, 11) is 0. The summed E-state index contributed by atoms with van der Waals surface area (Å²) in [5.74, 6) is 0. The van der Waals surface area contributed by atoms with Crippen LogP contribution in [-0.2, 0) is 5.41 Å². The molecule has 9 aromatic carbocycles. The third-order valence-electron chi connectivity index (χ3n) is 13.3. The number of fused-ring (bicyclic) bond motifs is 3. The van der Waals surface area contributed by atoms with E-state index in [-0.39, 0.29) is 5.41 Å². The van der Waals surface area contributed by atoms with Crippen LogP contribution >= 0.6 is 0 Å². The van der Waals surface area contributed by atoms with Gasteiger partial charge in [0.05, 0.1) is 0 Å². The van der Waals surface area contributed by atoms with Gasteiger partial charge in [0.1, 0.15) is 0 Å². The van der Waals surface area contributed by atoms with E-state index in [0.29, 0.717) is 0 Å². The normalized spacial score (nSPS) is 13.4. The highest BCUT2D eigenvalue weighted by Crippen LogP contribution is 2.52. The first kappa shape index (κ1) is 39.9. The Morgan fingerprint density at radius 1 is 0.323 bits per heavy atom. The van der Waals surface area contributed by atoms with Gasteiger partial charge in [-0.05, 0) is 152 Å². The van der Waals surface area contributed by atoms with Gasteiger partial charge in [-0.2, -0.15) is 0 Å². The van der Waals surface area contributed by atoms with Crippen molar-refractivity contribution >= 4 is 39.7 Å². The van der Waals surface area contributed by atoms with Crippen molar-refractivity contribution in [3.63, 3.8) is 0 Å². The Kier molecular flexibility index (Phi) is 10.4. The van der Waals surface area contributed by atoms with Crippen molar-refractivity contribution in [1.82, 2.24) is 0 Å². The summed E-state index contributed by atoms with van der Waals surface area (Å²) in [5, 5.41) is 0. The van der Waals surface area contributed by atoms with Gasteiger partial charge in [0, 0.05) is 39.5 Å². The summed E-state index contributed by atoms with van der Waals surface area (Å²) in [5.41, 5.74) is 21.5. The second-order valence-electron chi connectivity index (χ2n) is 17.7. The van der Waals surface area contributed by atoms with Crippen LogP contribution in [0.1, 0.15) is 43.4 Å². The van der Waals surface area contributed by atoms with E-state index < -0.39 is 0 Å². The molecule has 0 amide bonds. The largest absolute Gasteiger partial charge is 0.310 e. The van der Waals surface area contributed by atoms with Gasteiger partial charge in [0.25, 0.3) is 0 Å². The number of allylic oxidation sites excluding steroid dienone is 4. The Labute approximate surface area is 383 Å². The summed E-state index contributed by atoms with van der Waals surface area (Å²) in [6.45, 7) is 4.77. The molecule has 0 unspecified atom stereocenters. The maximum Gasteiger partial charge on any atom is 0.0465 e. The Balaban J connectivity index is 0.977. The van der Waals surface area contributed by atoms with Crippen molar-refractivity contribution in [2.75, 3.05) is 9.80 Å². The third kappa shape index (κ3) is 7.68. The molecule has 0 aromatic heterocycles. The van der Waals surface area contributed by atoms with Crippen LogP contribution in [-0.4, -0.2) is 0 Å². The fraction of sp³-hybridized carbons (Fsp3) is 0.0794. The minimum atomic E-state index is -0.261. The first-order valence-electron chi connectivity index (χ1n) is 22.8. The Morgan fingerprint density at radius 2 is 0.646 bits per heavy atom. The minimum absolute atomic E-state index is 0.261. The first-order valence-corrected chi connectivity index (χ1v) is 22.8. The molecule has 0 saturated carbocycles. The van der Waals surface area contributed by atoms with E-state index in [1.54, 1.807) is 0 Å². The van der Waals surface area contributed by atoms with E-state index >= 15 is 0 Å². The predicted octanol–water partition coefficient (Wildman–Crippen LogP) is 17.7. The van der Waals surface area contributed by atoms with Gasteiger partial charge in [-0.25, -0.2) is 0 Å². The van der Waals surface area contributed by atoms with Crippen LogP contribution in [0.2, 0.25) is 0 Å². The van der Waals surface area contributed by atoms with Crippen LogP contribution in [0.25, 0.3) is 50.1 Å². The third-order valence-corrected chi connectivity index (χ3v) is 13.3. The number of anilines is 6. The van der Waals surface area contributed by atoms with Crippen LogP contribution < -0.4 is 9.80 Å². The Hall–Kier alpha value is -7.94. The van der Waals surface area contributed by atoms with Crippen molar-refractivity contribution in [2.45, 2.75) is 32.1 Å². The van der Waals surface area contributed by atoms with Crippen molar-refractivity contribution in [3.05, 3.63) is 259 Å². The molecule has 0 heterocycles. The first-order chi connectivity index (χ1) is 32.0. The van der Waals surface area contributed by atoms with Gasteiger partial charge in [-0.1, -0.05) is 184 Å². The maximum atomic E-state index is 2.43. The molecule has 11 rings (SSSR count). The molecule has 0 fully saturated rings. The number of benzene rings is 9. The number of nitrogens with zero attached hydrogens (tertiary/aromatic N) is 2. The second-order valence-corrected chi connectivity index (χ2v) is 17.7. The zero-order valence-corrected chi connectivity index (χ0v) is 36.9. The van der Waals surface area contributed by atoms with Gasteiger partial charge in [-0.15, -0.1) is 0 Å². The van der Waals surface area contributed by atoms with Crippen molar-refractivity contribution in [3.8, 4) is 44.5 Å². The summed E-state index contributed by atoms with van der Waals surface area (Å²) in [6, 6.07) is 82.1. The van der Waals surface area contributed by atoms with Crippen molar-refractivity contribution in [1.29, 1.82) is 0 Å². The molecule has 0 radical (unpaired) electrons. The topological polar surface area (TPSA) is 6.48 Å². The highest BCUT2D eigenvalue weighted by Gasteiger charge is 2.37. The molecule has 0 atom stereocenters. The summed E-state index contributed by atoms with van der Waals surface area (Å²) >= 11 is 0. The monoisotopic (exact) mass is 834 g/mol. The van der Waals surface area contributed by atoms with Crippen LogP contribution in [0.5, 0.6) is 0 Å². The molecular formula is C63H50N2. The lowest BCUT2D eigenvalue weighted by atomic mass is 9.82. The van der Waals surface area contributed by atoms with Gasteiger partial charge in [0.2, 0.25) is 0 Å². The van der Waals surface area contributed by atoms with E-state index in [1.165, 1.54) is 66.8 Å². The molecule has 65 heavy (non-hydrogen) atoms. The Bertz CT molecular complexity index is 3080. The van der Waals surface area contributed by atoms with E-state index in [1.807, 2.05) is 0 Å². The van der Waals surface area contributed by atoms with Gasteiger partial charge < -0.3 is 9.80 Å². The molecule has 2 aliphatic rings. The summed E-state index contributed by atoms with van der Waals surface area (Å²) in [6.07, 6.45) is 9.08. The van der Waals surface area contributed by atoms with E-state index in [0.717, 1.165) is 47.0 Å². The highest BCUT2D eigenvalue weighted by atomic mass is 15.1. The molecule has 0 N–H and O–H groups in total. The average molecular weight is 835 g/mol. The molecule has 0 aliphatic heterocycles. The highest BCUT2D eigenvalue weighted by molar-refractivity contribution is 5.89. The summed E-state index contributed by atoms with van der Waals surface area (Å²) in [4.78, 5) is 4.81. The van der Waals surface area contributed by atoms with E-state index in [4.69, 9.17) is 0 Å². The molecule has 0 saturated heterocycles. The molecule has 2 aliphatic carbocycles. The number of hydrogen-bond donors (Lipinski definition) is 0. The minimum Gasteiger partial charge on any atom is -0.310 e. The van der Waals surface area contributed by atoms with E-state index in [2.05, 4.69) is 266 Å². The number of hydrogen-bond acceptors (Lipinski definition) is 2. The van der Waals surface area contributed by atoms with Crippen LogP contribution in [0.3, 0.4) is 0 Å². The van der Waals surface area contributed by atoms with Crippen molar-refractivity contribution < 1.29 is 0 Å². The standard InChI is InChI=1S/C63H50N2/c1-63(2)61-43-57(64(53-31-23-49(24-32-53)45-15-7-3-8-16-45)54-33-25-50(26-34-54)46-17-9-4-10-18-46)39-41-59(61)60-42-40-58(44-62(60)63)65(55-35-27-51(28-36-55)47-19-11-5-12-20-47)56-37-29-52(30-38-56)48-21-13-6-14-22-48/h3-5,7-13,15-44H,6,14H2,1-2H3. The molecule has 2 nitrogen and oxygen atoms in total. The summed E-state index contributed by atoms with van der Waals surface area (Å²) < 4.78 is 0. The lowest BCUT2D eigenvalue weighted by Crippen LogP contribution is -2.17. The van der Waals surface area contributed by atoms with Crippen molar-refractivity contribution in [2.24, 2.45) is 0 Å². The number of rotatable bonds is 10. The average Bonchev–Trinajstić information content (AvgIpc) is 3.60. The fourth-order valence-corrected chi connectivity index (χ4v) is 9.82. The predicted molar refractivity (Wildman–Crippen MR) is 276 cm³/mol. The van der Waals surface area contributed by atoms with Crippen LogP contribution in [0, 0.1) is 0 Å². The molecule has 2 heteroatoms. The quantitative estimate of drug-likeness (QED) is 0.135. The molecule has 0 bridgehead atoms.